The summed E-state index contributed by atoms with van der Waals surface area (Å²) in [5.41, 5.74) is 4.37. The molecule has 1 aliphatic rings. The van der Waals surface area contributed by atoms with Crippen molar-refractivity contribution >= 4 is 18.0 Å². The topological polar surface area (TPSA) is 125 Å². The summed E-state index contributed by atoms with van der Waals surface area (Å²) in [4.78, 5) is 35.4. The number of carboxylic acids is 1. The van der Waals surface area contributed by atoms with Crippen LogP contribution in [-0.4, -0.2) is 53.5 Å². The Balaban J connectivity index is 1.58. The van der Waals surface area contributed by atoms with Crippen molar-refractivity contribution in [2.24, 2.45) is 0 Å². The van der Waals surface area contributed by atoms with Gasteiger partial charge in [-0.2, -0.15) is 0 Å². The molecule has 0 spiro atoms. The highest BCUT2D eigenvalue weighted by Gasteiger charge is 2.29. The second-order valence-corrected chi connectivity index (χ2v) is 7.10. The molecule has 30 heavy (non-hydrogen) atoms. The summed E-state index contributed by atoms with van der Waals surface area (Å²) in [6.45, 7) is 1.15. The first-order chi connectivity index (χ1) is 14.4. The quantitative estimate of drug-likeness (QED) is 0.525. The van der Waals surface area contributed by atoms with Crippen LogP contribution >= 0.6 is 0 Å². The highest BCUT2D eigenvalue weighted by molar-refractivity contribution is 5.89. The number of aliphatic carboxylic acids is 1. The molecule has 0 heterocycles. The molecule has 4 N–H and O–H groups in total. The molecule has 0 saturated heterocycles. The fourth-order valence-electron chi connectivity index (χ4n) is 3.57. The van der Waals surface area contributed by atoms with E-state index in [9.17, 15) is 14.4 Å². The average molecular weight is 412 g/mol. The predicted molar refractivity (Wildman–Crippen MR) is 109 cm³/mol. The molecule has 2 aromatic rings. The Morgan fingerprint density at radius 2 is 1.57 bits per heavy atom. The number of ether oxygens (including phenoxy) is 1. The Labute approximate surface area is 173 Å². The molecule has 2 atom stereocenters. The van der Waals surface area contributed by atoms with Gasteiger partial charge in [-0.1, -0.05) is 48.5 Å². The van der Waals surface area contributed by atoms with Gasteiger partial charge in [0.25, 0.3) is 0 Å². The smallest absolute Gasteiger partial charge is 0.407 e. The lowest BCUT2D eigenvalue weighted by molar-refractivity contribution is -0.142. The molecule has 0 bridgehead atoms. The zero-order valence-corrected chi connectivity index (χ0v) is 16.5. The molecule has 0 saturated carbocycles. The standard InChI is InChI=1S/C22H24N2O6/c1-13(20(26)24-19(10-11-25)21(27)28)23-22(29)30-12-18-16-8-4-2-6-14(16)15-7-3-5-9-17(15)18/h2-9,13,18-19,25H,10-12H2,1H3,(H,23,29)(H,24,26)(H,27,28)/t13?,19-/m0/s1. The molecular weight excluding hydrogens is 388 g/mol. The number of carbonyl (C=O) groups excluding carboxylic acids is 2. The van der Waals surface area contributed by atoms with Crippen molar-refractivity contribution in [2.75, 3.05) is 13.2 Å². The lowest BCUT2D eigenvalue weighted by atomic mass is 9.98. The van der Waals surface area contributed by atoms with Gasteiger partial charge >= 0.3 is 12.1 Å². The van der Waals surface area contributed by atoms with Crippen molar-refractivity contribution in [3.8, 4) is 11.1 Å². The van der Waals surface area contributed by atoms with Crippen molar-refractivity contribution < 1.29 is 29.3 Å². The molecule has 0 radical (unpaired) electrons. The van der Waals surface area contributed by atoms with Gasteiger partial charge in [0.2, 0.25) is 5.91 Å². The number of nitrogens with one attached hydrogen (secondary N) is 2. The Morgan fingerprint density at radius 3 is 2.10 bits per heavy atom. The third-order valence-corrected chi connectivity index (χ3v) is 5.10. The fourth-order valence-corrected chi connectivity index (χ4v) is 3.57. The number of aliphatic hydroxyl groups excluding tert-OH is 1. The van der Waals surface area contributed by atoms with Gasteiger partial charge in [0, 0.05) is 18.9 Å². The van der Waals surface area contributed by atoms with Crippen LogP contribution in [0.3, 0.4) is 0 Å². The van der Waals surface area contributed by atoms with Crippen molar-refractivity contribution in [1.29, 1.82) is 0 Å². The average Bonchev–Trinajstić information content (AvgIpc) is 3.05. The van der Waals surface area contributed by atoms with E-state index in [1.165, 1.54) is 6.92 Å². The first-order valence-corrected chi connectivity index (χ1v) is 9.68. The number of rotatable bonds is 8. The SMILES string of the molecule is CC(NC(=O)OCC1c2ccccc2-c2ccccc21)C(=O)N[C@@H](CCO)C(=O)O. The number of carbonyl (C=O) groups is 3. The number of hydrogen-bond acceptors (Lipinski definition) is 5. The van der Waals surface area contributed by atoms with E-state index in [1.54, 1.807) is 0 Å². The zero-order valence-electron chi connectivity index (χ0n) is 16.5. The Bertz CT molecular complexity index is 899. The molecule has 1 aliphatic carbocycles. The normalized spacial score (nSPS) is 14.2. The van der Waals surface area contributed by atoms with Gasteiger partial charge in [-0.15, -0.1) is 0 Å². The van der Waals surface area contributed by atoms with E-state index in [1.807, 2.05) is 48.5 Å². The second kappa shape index (κ2) is 9.41. The van der Waals surface area contributed by atoms with Crippen LogP contribution in [0.1, 0.15) is 30.4 Å². The molecule has 0 aromatic heterocycles. The van der Waals surface area contributed by atoms with E-state index in [4.69, 9.17) is 14.9 Å². The number of hydrogen-bond donors (Lipinski definition) is 4. The lowest BCUT2D eigenvalue weighted by Gasteiger charge is -2.19. The first-order valence-electron chi connectivity index (χ1n) is 9.68. The van der Waals surface area contributed by atoms with Gasteiger partial charge in [-0.05, 0) is 29.2 Å². The van der Waals surface area contributed by atoms with E-state index in [0.717, 1.165) is 22.3 Å². The van der Waals surface area contributed by atoms with Crippen molar-refractivity contribution in [2.45, 2.75) is 31.3 Å². The second-order valence-electron chi connectivity index (χ2n) is 7.10. The third kappa shape index (κ3) is 4.60. The monoisotopic (exact) mass is 412 g/mol. The first kappa shape index (κ1) is 21.3. The van der Waals surface area contributed by atoms with E-state index in [2.05, 4.69) is 10.6 Å². The number of amides is 2. The maximum absolute atomic E-state index is 12.2. The van der Waals surface area contributed by atoms with Crippen LogP contribution in [0.15, 0.2) is 48.5 Å². The summed E-state index contributed by atoms with van der Waals surface area (Å²) in [5, 5.41) is 22.6. The van der Waals surface area contributed by atoms with Crippen LogP contribution in [0.25, 0.3) is 11.1 Å². The highest BCUT2D eigenvalue weighted by Crippen LogP contribution is 2.44. The van der Waals surface area contributed by atoms with Gasteiger partial charge < -0.3 is 25.6 Å². The molecule has 8 heteroatoms. The Hall–Kier alpha value is -3.39. The van der Waals surface area contributed by atoms with Gasteiger partial charge in [0.05, 0.1) is 0 Å². The fraction of sp³-hybridized carbons (Fsp3) is 0.318. The minimum atomic E-state index is -1.26. The molecule has 0 fully saturated rings. The van der Waals surface area contributed by atoms with E-state index in [0.29, 0.717) is 0 Å². The third-order valence-electron chi connectivity index (χ3n) is 5.10. The minimum Gasteiger partial charge on any atom is -0.480 e. The van der Waals surface area contributed by atoms with Crippen molar-refractivity contribution in [3.05, 3.63) is 59.7 Å². The highest BCUT2D eigenvalue weighted by atomic mass is 16.5. The number of alkyl carbamates (subject to hydrolysis) is 1. The van der Waals surface area contributed by atoms with Gasteiger partial charge in [0.1, 0.15) is 18.7 Å². The summed E-state index contributed by atoms with van der Waals surface area (Å²) in [7, 11) is 0. The van der Waals surface area contributed by atoms with E-state index < -0.39 is 30.1 Å². The number of carboxylic acid groups (broad SMARTS) is 1. The van der Waals surface area contributed by atoms with Crippen molar-refractivity contribution in [3.63, 3.8) is 0 Å². The number of fused-ring (bicyclic) bond motifs is 3. The summed E-state index contributed by atoms with van der Waals surface area (Å²) in [6, 6.07) is 13.7. The largest absolute Gasteiger partial charge is 0.480 e. The van der Waals surface area contributed by atoms with Crippen LogP contribution in [0.4, 0.5) is 4.79 Å². The summed E-state index contributed by atoms with van der Waals surface area (Å²) in [6.07, 6.45) is -0.896. The molecule has 1 unspecified atom stereocenters. The van der Waals surface area contributed by atoms with E-state index >= 15 is 0 Å². The maximum Gasteiger partial charge on any atom is 0.407 e. The van der Waals surface area contributed by atoms with Crippen molar-refractivity contribution in [1.82, 2.24) is 10.6 Å². The lowest BCUT2D eigenvalue weighted by Crippen LogP contribution is -2.50. The Kier molecular flexibility index (Phi) is 6.68. The summed E-state index contributed by atoms with van der Waals surface area (Å²) >= 11 is 0. The maximum atomic E-state index is 12.2. The molecule has 2 aromatic carbocycles. The molecule has 3 rings (SSSR count). The van der Waals surface area contributed by atoms with Gasteiger partial charge in [-0.3, -0.25) is 4.79 Å². The summed E-state index contributed by atoms with van der Waals surface area (Å²) in [5.74, 6) is -2.04. The van der Waals surface area contributed by atoms with Crippen LogP contribution in [0, 0.1) is 0 Å². The van der Waals surface area contributed by atoms with Crippen LogP contribution < -0.4 is 10.6 Å². The molecule has 2 amide bonds. The molecule has 0 aliphatic heterocycles. The minimum absolute atomic E-state index is 0.103. The van der Waals surface area contributed by atoms with Crippen LogP contribution in [0.2, 0.25) is 0 Å². The summed E-state index contributed by atoms with van der Waals surface area (Å²) < 4.78 is 5.37. The zero-order chi connectivity index (χ0) is 21.7. The predicted octanol–water partition coefficient (Wildman–Crippen LogP) is 1.87. The van der Waals surface area contributed by atoms with E-state index in [-0.39, 0.29) is 25.6 Å². The van der Waals surface area contributed by atoms with Crippen LogP contribution in [0.5, 0.6) is 0 Å². The van der Waals surface area contributed by atoms with Gasteiger partial charge in [-0.25, -0.2) is 9.59 Å². The number of aliphatic hydroxyl groups is 1. The Morgan fingerprint density at radius 1 is 1.00 bits per heavy atom. The number of benzene rings is 2. The molecular formula is C22H24N2O6. The molecule has 8 nitrogen and oxygen atoms in total. The van der Waals surface area contributed by atoms with Crippen LogP contribution in [-0.2, 0) is 14.3 Å². The molecule has 158 valence electrons. The van der Waals surface area contributed by atoms with Gasteiger partial charge in [0.15, 0.2) is 0 Å².